The van der Waals surface area contributed by atoms with Crippen LogP contribution in [-0.4, -0.2) is 30.7 Å². The lowest BCUT2D eigenvalue weighted by molar-refractivity contribution is -0.142. The lowest BCUT2D eigenvalue weighted by Gasteiger charge is -2.28. The number of carbonyl (C=O) groups excluding carboxylic acids is 1. The van der Waals surface area contributed by atoms with Crippen LogP contribution in [0.15, 0.2) is 103 Å². The zero-order valence-electron chi connectivity index (χ0n) is 23.6. The molecule has 216 valence electrons. The van der Waals surface area contributed by atoms with Gasteiger partial charge in [-0.05, 0) is 53.6 Å². The van der Waals surface area contributed by atoms with E-state index in [9.17, 15) is 9.18 Å². The number of hydrogen-bond donors (Lipinski definition) is 3. The van der Waals surface area contributed by atoms with Gasteiger partial charge in [0.2, 0.25) is 0 Å². The number of carbonyl (C=O) groups is 1. The normalized spacial score (nSPS) is 17.3. The quantitative estimate of drug-likeness (QED) is 0.0777. The maximum atomic E-state index is 14.3. The summed E-state index contributed by atoms with van der Waals surface area (Å²) in [6, 6.07) is 32.5. The summed E-state index contributed by atoms with van der Waals surface area (Å²) in [5, 5.41) is 11.5. The first-order valence-electron chi connectivity index (χ1n) is 14.2. The van der Waals surface area contributed by atoms with E-state index in [1.165, 1.54) is 18.6 Å². The van der Waals surface area contributed by atoms with Gasteiger partial charge in [0.1, 0.15) is 24.0 Å². The highest BCUT2D eigenvalue weighted by Gasteiger charge is 2.42. The minimum absolute atomic E-state index is 0.0161. The van der Waals surface area contributed by atoms with E-state index in [0.717, 1.165) is 29.5 Å². The zero-order valence-corrected chi connectivity index (χ0v) is 23.6. The second-order valence-corrected chi connectivity index (χ2v) is 10.8. The van der Waals surface area contributed by atoms with Crippen LogP contribution in [0, 0.1) is 17.1 Å². The van der Waals surface area contributed by atoms with E-state index in [-0.39, 0.29) is 48.5 Å². The highest BCUT2D eigenvalue weighted by atomic mass is 19.1. The van der Waals surface area contributed by atoms with E-state index in [2.05, 4.69) is 17.4 Å². The van der Waals surface area contributed by atoms with Crippen molar-refractivity contribution in [2.45, 2.75) is 44.6 Å². The monoisotopic (exact) mass is 565 g/mol. The van der Waals surface area contributed by atoms with Crippen molar-refractivity contribution < 1.29 is 18.7 Å². The Morgan fingerprint density at radius 2 is 1.69 bits per heavy atom. The van der Waals surface area contributed by atoms with E-state index in [0.29, 0.717) is 17.5 Å². The molecule has 0 aromatic heterocycles. The largest absolute Gasteiger partial charge is 0.466 e. The Balaban J connectivity index is 1.33. The third-order valence-electron chi connectivity index (χ3n) is 7.69. The van der Waals surface area contributed by atoms with Crippen LogP contribution in [0.3, 0.4) is 0 Å². The van der Waals surface area contributed by atoms with E-state index in [4.69, 9.17) is 20.6 Å². The summed E-state index contributed by atoms with van der Waals surface area (Å²) in [5.74, 6) is -0.605. The van der Waals surface area contributed by atoms with E-state index in [1.807, 2.05) is 72.8 Å². The summed E-state index contributed by atoms with van der Waals surface area (Å²) in [6.45, 7) is 1.67. The Hall–Kier alpha value is -4.33. The number of benzene rings is 4. The Morgan fingerprint density at radius 1 is 0.976 bits per heavy atom. The van der Waals surface area contributed by atoms with Gasteiger partial charge >= 0.3 is 5.97 Å². The number of nitrogen functional groups attached to an aromatic ring is 1. The minimum Gasteiger partial charge on any atom is -0.466 e. The van der Waals surface area contributed by atoms with E-state index in [1.54, 1.807) is 12.1 Å². The van der Waals surface area contributed by atoms with Crippen LogP contribution in [-0.2, 0) is 27.1 Å². The highest BCUT2D eigenvalue weighted by Crippen LogP contribution is 2.39. The van der Waals surface area contributed by atoms with Gasteiger partial charge in [-0.3, -0.25) is 15.5 Å². The maximum absolute atomic E-state index is 14.3. The topological polar surface area (TPSA) is 101 Å². The van der Waals surface area contributed by atoms with Gasteiger partial charge in [0.25, 0.3) is 0 Å². The average molecular weight is 566 g/mol. The molecular formula is C35H36FN3O3. The molecule has 42 heavy (non-hydrogen) atoms. The molecule has 1 fully saturated rings. The van der Waals surface area contributed by atoms with E-state index < -0.39 is 0 Å². The standard InChI is InChI=1S/C35H36FN3O3/c1-23(40)41-22-29(21-25-10-7-11-28(20-25)34(37)38)32(19-14-24-8-3-2-4-9-24)39-35-33(42-35)27-17-15-26(16-18-27)30-12-5-6-13-31(30)36/h2-13,15-18,20,29,32-33,35,39H,14,19,21-22H2,1H3,(H3,37,38). The molecule has 4 N–H and O–H groups in total. The Bertz CT molecular complexity index is 1510. The average Bonchev–Trinajstić information content (AvgIpc) is 3.77. The summed E-state index contributed by atoms with van der Waals surface area (Å²) in [4.78, 5) is 11.8. The molecule has 1 heterocycles. The lowest BCUT2D eigenvalue weighted by Crippen LogP contribution is -2.42. The van der Waals surface area contributed by atoms with Gasteiger partial charge in [-0.2, -0.15) is 0 Å². The predicted octanol–water partition coefficient (Wildman–Crippen LogP) is 6.19. The molecule has 6 nitrogen and oxygen atoms in total. The lowest BCUT2D eigenvalue weighted by atomic mass is 9.88. The molecule has 4 aromatic rings. The Kier molecular flexibility index (Phi) is 9.41. The van der Waals surface area contributed by atoms with Crippen LogP contribution < -0.4 is 11.1 Å². The van der Waals surface area contributed by atoms with E-state index >= 15 is 0 Å². The third-order valence-corrected chi connectivity index (χ3v) is 7.69. The molecule has 0 aliphatic carbocycles. The van der Waals surface area contributed by atoms with Gasteiger partial charge < -0.3 is 15.2 Å². The Labute approximate surface area is 246 Å². The molecule has 4 aromatic carbocycles. The molecule has 5 rings (SSSR count). The van der Waals surface area contributed by atoms with Crippen LogP contribution in [0.25, 0.3) is 11.1 Å². The number of esters is 1. The number of rotatable bonds is 13. The zero-order chi connectivity index (χ0) is 29.5. The molecule has 7 heteroatoms. The smallest absolute Gasteiger partial charge is 0.302 e. The fourth-order valence-corrected chi connectivity index (χ4v) is 5.38. The van der Waals surface area contributed by atoms with Crippen molar-refractivity contribution in [3.63, 3.8) is 0 Å². The molecule has 1 aliphatic rings. The molecule has 0 bridgehead atoms. The first kappa shape index (κ1) is 29.2. The molecule has 1 aliphatic heterocycles. The highest BCUT2D eigenvalue weighted by molar-refractivity contribution is 5.95. The first-order chi connectivity index (χ1) is 20.4. The summed E-state index contributed by atoms with van der Waals surface area (Å²) < 4.78 is 25.9. The number of ether oxygens (including phenoxy) is 2. The second kappa shape index (κ2) is 13.6. The minimum atomic E-state index is -0.324. The van der Waals surface area contributed by atoms with Crippen molar-refractivity contribution in [1.29, 1.82) is 5.41 Å². The fourth-order valence-electron chi connectivity index (χ4n) is 5.38. The van der Waals surface area contributed by atoms with Gasteiger partial charge in [0, 0.05) is 30.0 Å². The Morgan fingerprint density at radius 3 is 2.40 bits per heavy atom. The van der Waals surface area contributed by atoms with Crippen LogP contribution in [0.1, 0.15) is 41.7 Å². The van der Waals surface area contributed by atoms with Gasteiger partial charge in [0.05, 0.1) is 6.61 Å². The van der Waals surface area contributed by atoms with Crippen LogP contribution in [0.4, 0.5) is 4.39 Å². The maximum Gasteiger partial charge on any atom is 0.302 e. The molecule has 0 radical (unpaired) electrons. The van der Waals surface area contributed by atoms with Crippen molar-refractivity contribution >= 4 is 11.8 Å². The number of aryl methyl sites for hydroxylation is 1. The van der Waals surface area contributed by atoms with Crippen LogP contribution >= 0.6 is 0 Å². The number of halogens is 1. The summed E-state index contributed by atoms with van der Waals surface area (Å²) >= 11 is 0. The van der Waals surface area contributed by atoms with Gasteiger partial charge in [-0.25, -0.2) is 4.39 Å². The van der Waals surface area contributed by atoms with Crippen LogP contribution in [0.5, 0.6) is 0 Å². The van der Waals surface area contributed by atoms with Gasteiger partial charge in [0.15, 0.2) is 0 Å². The number of amidine groups is 1. The number of hydrogen-bond acceptors (Lipinski definition) is 5. The molecule has 0 amide bonds. The molecule has 0 spiro atoms. The number of nitrogens with one attached hydrogen (secondary N) is 2. The van der Waals surface area contributed by atoms with Crippen molar-refractivity contribution in [3.8, 4) is 11.1 Å². The molecular weight excluding hydrogens is 529 g/mol. The second-order valence-electron chi connectivity index (χ2n) is 10.8. The van der Waals surface area contributed by atoms with Crippen molar-refractivity contribution in [3.05, 3.63) is 131 Å². The summed E-state index contributed by atoms with van der Waals surface area (Å²) in [5.41, 5.74) is 11.1. The summed E-state index contributed by atoms with van der Waals surface area (Å²) in [7, 11) is 0. The SMILES string of the molecule is CC(=O)OCC(Cc1cccc(C(=N)N)c1)C(CCc1ccccc1)NC1OC1c1ccc(-c2ccccc2F)cc1. The van der Waals surface area contributed by atoms with Crippen LogP contribution in [0.2, 0.25) is 0 Å². The molecule has 1 saturated heterocycles. The number of nitrogens with two attached hydrogens (primary N) is 1. The van der Waals surface area contributed by atoms with Gasteiger partial charge in [-0.15, -0.1) is 0 Å². The fraction of sp³-hybridized carbons (Fsp3) is 0.257. The summed E-state index contributed by atoms with van der Waals surface area (Å²) in [6.07, 6.45) is 1.95. The predicted molar refractivity (Wildman–Crippen MR) is 162 cm³/mol. The third kappa shape index (κ3) is 7.69. The molecule has 4 atom stereocenters. The van der Waals surface area contributed by atoms with Crippen molar-refractivity contribution in [2.75, 3.05) is 6.61 Å². The molecule has 4 unspecified atom stereocenters. The van der Waals surface area contributed by atoms with Gasteiger partial charge in [-0.1, -0.05) is 91.0 Å². The first-order valence-corrected chi connectivity index (χ1v) is 14.2. The van der Waals surface area contributed by atoms with Crippen molar-refractivity contribution in [2.24, 2.45) is 11.7 Å². The van der Waals surface area contributed by atoms with Crippen molar-refractivity contribution in [1.82, 2.24) is 5.32 Å². The molecule has 0 saturated carbocycles. The number of epoxide rings is 1.